The van der Waals surface area contributed by atoms with Crippen LogP contribution in [-0.2, 0) is 0 Å². The van der Waals surface area contributed by atoms with E-state index in [1.54, 1.807) is 6.20 Å². The molecule has 1 aromatic heterocycles. The first kappa shape index (κ1) is 18.1. The molecule has 0 bridgehead atoms. The monoisotopic (exact) mass is 409 g/mol. The van der Waals surface area contributed by atoms with E-state index in [9.17, 15) is 4.79 Å². The van der Waals surface area contributed by atoms with Gasteiger partial charge in [0.2, 0.25) is 0 Å². The molecule has 0 aliphatic rings. The molecule has 1 heterocycles. The molecule has 1 atom stereocenters. The summed E-state index contributed by atoms with van der Waals surface area (Å²) in [6.45, 7) is 3.92. The van der Waals surface area contributed by atoms with Crippen molar-refractivity contribution in [2.24, 2.45) is 0 Å². The van der Waals surface area contributed by atoms with Gasteiger partial charge in [0.25, 0.3) is 0 Å². The van der Waals surface area contributed by atoms with E-state index in [4.69, 9.17) is 0 Å². The Morgan fingerprint density at radius 1 is 1.00 bits per heavy atom. The second-order valence-electron chi connectivity index (χ2n) is 6.13. The third-order valence-electron chi connectivity index (χ3n) is 4.09. The van der Waals surface area contributed by atoms with Gasteiger partial charge in [-0.15, -0.1) is 0 Å². The third kappa shape index (κ3) is 4.70. The Kier molecular flexibility index (Phi) is 5.68. The van der Waals surface area contributed by atoms with Crippen LogP contribution in [-0.4, -0.2) is 11.0 Å². The summed E-state index contributed by atoms with van der Waals surface area (Å²) < 4.78 is 1.02. The lowest BCUT2D eigenvalue weighted by molar-refractivity contribution is 0.249. The van der Waals surface area contributed by atoms with Crippen LogP contribution >= 0.6 is 15.9 Å². The quantitative estimate of drug-likeness (QED) is 0.580. The van der Waals surface area contributed by atoms with Crippen LogP contribution in [0.1, 0.15) is 24.2 Å². The van der Waals surface area contributed by atoms with Crippen molar-refractivity contribution in [3.63, 3.8) is 0 Å². The number of amides is 2. The number of pyridine rings is 1. The molecule has 4 nitrogen and oxygen atoms in total. The lowest BCUT2D eigenvalue weighted by Crippen LogP contribution is -2.31. The van der Waals surface area contributed by atoms with E-state index >= 15 is 0 Å². The maximum atomic E-state index is 12.2. The summed E-state index contributed by atoms with van der Waals surface area (Å²) in [6.07, 6.45) is 1.80. The lowest BCUT2D eigenvalue weighted by Gasteiger charge is -2.15. The molecule has 0 aliphatic carbocycles. The largest absolute Gasteiger partial charge is 0.331 e. The van der Waals surface area contributed by atoms with Crippen LogP contribution in [0.4, 0.5) is 10.5 Å². The Morgan fingerprint density at radius 2 is 1.69 bits per heavy atom. The fourth-order valence-electron chi connectivity index (χ4n) is 2.67. The number of nitrogens with zero attached hydrogens (tertiary/aromatic N) is 1. The van der Waals surface area contributed by atoms with Crippen molar-refractivity contribution in [2.45, 2.75) is 19.9 Å². The molecule has 0 saturated carbocycles. The molecule has 2 N–H and O–H groups in total. The molecule has 0 saturated heterocycles. The number of hydrogen-bond donors (Lipinski definition) is 2. The molecule has 0 fully saturated rings. The van der Waals surface area contributed by atoms with Crippen LogP contribution in [0.25, 0.3) is 11.1 Å². The number of benzene rings is 2. The number of carbonyl (C=O) groups excluding carboxylic acids is 1. The topological polar surface area (TPSA) is 54.0 Å². The molecular weight excluding hydrogens is 390 g/mol. The summed E-state index contributed by atoms with van der Waals surface area (Å²) in [5.41, 5.74) is 4.97. The van der Waals surface area contributed by atoms with Gasteiger partial charge in [0.1, 0.15) is 0 Å². The second kappa shape index (κ2) is 8.15. The molecule has 2 aromatic carbocycles. The van der Waals surface area contributed by atoms with Gasteiger partial charge in [-0.25, -0.2) is 4.79 Å². The smallest absolute Gasteiger partial charge is 0.319 e. The number of urea groups is 1. The van der Waals surface area contributed by atoms with Crippen LogP contribution < -0.4 is 10.6 Å². The Morgan fingerprint density at radius 3 is 2.35 bits per heavy atom. The Labute approximate surface area is 161 Å². The van der Waals surface area contributed by atoms with E-state index < -0.39 is 0 Å². The highest BCUT2D eigenvalue weighted by molar-refractivity contribution is 9.10. The number of nitrogens with one attached hydrogen (secondary N) is 2. The van der Waals surface area contributed by atoms with Crippen LogP contribution in [0.2, 0.25) is 0 Å². The molecule has 3 rings (SSSR count). The first-order valence-corrected chi connectivity index (χ1v) is 9.16. The van der Waals surface area contributed by atoms with E-state index in [-0.39, 0.29) is 12.1 Å². The number of hydrogen-bond acceptors (Lipinski definition) is 2. The minimum Gasteiger partial charge on any atom is -0.331 e. The number of carbonyl (C=O) groups is 1. The Bertz CT molecular complexity index is 892. The molecule has 1 unspecified atom stereocenters. The van der Waals surface area contributed by atoms with Gasteiger partial charge >= 0.3 is 6.03 Å². The van der Waals surface area contributed by atoms with Gasteiger partial charge in [-0.1, -0.05) is 40.2 Å². The van der Waals surface area contributed by atoms with E-state index in [1.165, 1.54) is 0 Å². The fraction of sp³-hybridized carbons (Fsp3) is 0.143. The molecule has 5 heteroatoms. The van der Waals surface area contributed by atoms with Crippen LogP contribution in [0.5, 0.6) is 0 Å². The Balaban J connectivity index is 1.61. The van der Waals surface area contributed by atoms with Crippen LogP contribution in [0, 0.1) is 6.92 Å². The van der Waals surface area contributed by atoms with Gasteiger partial charge < -0.3 is 10.6 Å². The summed E-state index contributed by atoms with van der Waals surface area (Å²) in [5, 5.41) is 5.82. The normalized spacial score (nSPS) is 11.7. The maximum absolute atomic E-state index is 12.2. The zero-order valence-corrected chi connectivity index (χ0v) is 16.2. The summed E-state index contributed by atoms with van der Waals surface area (Å²) in [4.78, 5) is 16.4. The molecule has 0 aliphatic heterocycles. The molecule has 26 heavy (non-hydrogen) atoms. The zero-order chi connectivity index (χ0) is 18.5. The van der Waals surface area contributed by atoms with Gasteiger partial charge in [-0.3, -0.25) is 4.98 Å². The molecular formula is C21H20BrN3O. The third-order valence-corrected chi connectivity index (χ3v) is 4.62. The molecule has 0 spiro atoms. The van der Waals surface area contributed by atoms with E-state index in [2.05, 4.69) is 31.5 Å². The average molecular weight is 410 g/mol. The SMILES string of the molecule is Cc1cc(-c2ccc(NC(=O)NC(C)c3ccc(Br)cc3)cc2)ccn1. The van der Waals surface area contributed by atoms with Crippen molar-refractivity contribution in [3.05, 3.63) is 82.6 Å². The van der Waals surface area contributed by atoms with Crippen molar-refractivity contribution in [1.29, 1.82) is 0 Å². The number of anilines is 1. The number of rotatable bonds is 4. The van der Waals surface area contributed by atoms with Gasteiger partial charge in [0.15, 0.2) is 0 Å². The van der Waals surface area contributed by atoms with Crippen molar-refractivity contribution < 1.29 is 4.79 Å². The van der Waals surface area contributed by atoms with Crippen molar-refractivity contribution in [3.8, 4) is 11.1 Å². The predicted octanol–water partition coefficient (Wildman–Crippen LogP) is 5.70. The van der Waals surface area contributed by atoms with Gasteiger partial charge in [0, 0.05) is 22.1 Å². The van der Waals surface area contributed by atoms with Crippen molar-refractivity contribution in [2.75, 3.05) is 5.32 Å². The first-order chi connectivity index (χ1) is 12.5. The van der Waals surface area contributed by atoms with E-state index in [1.807, 2.05) is 74.5 Å². The molecule has 3 aromatic rings. The minimum atomic E-state index is -0.229. The van der Waals surface area contributed by atoms with Gasteiger partial charge in [-0.2, -0.15) is 0 Å². The summed E-state index contributed by atoms with van der Waals surface area (Å²) in [7, 11) is 0. The molecule has 2 amide bonds. The first-order valence-electron chi connectivity index (χ1n) is 8.37. The van der Waals surface area contributed by atoms with E-state index in [0.29, 0.717) is 0 Å². The standard InChI is InChI=1S/C21H20BrN3O/c1-14-13-18(11-12-23-14)17-5-9-20(10-6-17)25-21(26)24-15(2)16-3-7-19(22)8-4-16/h3-13,15H,1-2H3,(H2,24,25,26). The van der Waals surface area contributed by atoms with Crippen molar-refractivity contribution in [1.82, 2.24) is 10.3 Å². The van der Waals surface area contributed by atoms with Crippen LogP contribution in [0.3, 0.4) is 0 Å². The van der Waals surface area contributed by atoms with Gasteiger partial charge in [-0.05, 0) is 66.9 Å². The summed E-state index contributed by atoms with van der Waals surface area (Å²) in [6, 6.07) is 19.4. The van der Waals surface area contributed by atoms with E-state index in [0.717, 1.165) is 32.5 Å². The maximum Gasteiger partial charge on any atom is 0.319 e. The summed E-state index contributed by atoms with van der Waals surface area (Å²) in [5.74, 6) is 0. The number of aromatic nitrogens is 1. The molecule has 0 radical (unpaired) electrons. The minimum absolute atomic E-state index is 0.0813. The fourth-order valence-corrected chi connectivity index (χ4v) is 2.93. The second-order valence-corrected chi connectivity index (χ2v) is 7.05. The average Bonchev–Trinajstić information content (AvgIpc) is 2.62. The highest BCUT2D eigenvalue weighted by Crippen LogP contribution is 2.22. The zero-order valence-electron chi connectivity index (χ0n) is 14.7. The Hall–Kier alpha value is -2.66. The summed E-state index contributed by atoms with van der Waals surface area (Å²) >= 11 is 3.41. The highest BCUT2D eigenvalue weighted by Gasteiger charge is 2.09. The number of aryl methyl sites for hydroxylation is 1. The highest BCUT2D eigenvalue weighted by atomic mass is 79.9. The van der Waals surface area contributed by atoms with Gasteiger partial charge in [0.05, 0.1) is 6.04 Å². The van der Waals surface area contributed by atoms with Crippen molar-refractivity contribution >= 4 is 27.6 Å². The molecule has 132 valence electrons. The van der Waals surface area contributed by atoms with Crippen LogP contribution in [0.15, 0.2) is 71.3 Å². The predicted molar refractivity (Wildman–Crippen MR) is 109 cm³/mol. The number of halogens is 1. The lowest BCUT2D eigenvalue weighted by atomic mass is 10.1.